The Morgan fingerprint density at radius 3 is 2.73 bits per heavy atom. The Bertz CT molecular complexity index is 1840. The molecule has 0 radical (unpaired) electrons. The number of anilines is 1. The summed E-state index contributed by atoms with van der Waals surface area (Å²) in [5, 5.41) is 6.63. The van der Waals surface area contributed by atoms with Crippen molar-refractivity contribution < 1.29 is 9.53 Å². The molecule has 4 aromatic rings. The van der Waals surface area contributed by atoms with Crippen LogP contribution in [0.2, 0.25) is 0 Å². The summed E-state index contributed by atoms with van der Waals surface area (Å²) < 4.78 is 9.51. The summed E-state index contributed by atoms with van der Waals surface area (Å²) in [6.45, 7) is 15.1. The van der Waals surface area contributed by atoms with Gasteiger partial charge in [0, 0.05) is 84.4 Å². The predicted octanol–water partition coefficient (Wildman–Crippen LogP) is 3.85. The zero-order valence-electron chi connectivity index (χ0n) is 25.8. The van der Waals surface area contributed by atoms with Gasteiger partial charge in [-0.15, -0.1) is 11.8 Å². The highest BCUT2D eigenvalue weighted by Crippen LogP contribution is 2.47. The van der Waals surface area contributed by atoms with E-state index in [1.807, 2.05) is 46.1 Å². The molecular formula is C33H39N7O3S. The molecule has 11 heteroatoms. The third kappa shape index (κ3) is 4.72. The van der Waals surface area contributed by atoms with Crippen LogP contribution in [-0.4, -0.2) is 98.8 Å². The molecular weight excluding hydrogens is 574 g/mol. The first-order valence-corrected chi connectivity index (χ1v) is 16.4. The zero-order chi connectivity index (χ0) is 30.7. The number of para-hydroxylation sites is 1. The molecule has 10 nitrogen and oxygen atoms in total. The predicted molar refractivity (Wildman–Crippen MR) is 176 cm³/mol. The number of hydrogen-bond donors (Lipinski definition) is 0. The summed E-state index contributed by atoms with van der Waals surface area (Å²) in [4.78, 5) is 39.2. The molecule has 2 aromatic heterocycles. The summed E-state index contributed by atoms with van der Waals surface area (Å²) in [6, 6.07) is 8.49. The standard InChI is InChI=1S/C33H39N7O3S/c1-6-27(41)38-16-22(4)39(17-21(38)3)32-26-14-20(2)28(25-9-7-8-23-15-34-36(5)29(23)25)31-30(26)40(33(42)35-32)24(19-44-31)18-37-10-12-43-13-11-37/h6-9,14-15,21-22,24H,1,10-13,16-19H2,2-5H3/t21-,22+,24?/m1/s1. The number of carbonyl (C=O) groups is 1. The number of ether oxygens (including phenoxy) is 1. The minimum atomic E-state index is -0.217. The molecule has 3 atom stereocenters. The minimum Gasteiger partial charge on any atom is -0.379 e. The number of benzene rings is 2. The summed E-state index contributed by atoms with van der Waals surface area (Å²) >= 11 is 1.85. The van der Waals surface area contributed by atoms with Crippen LogP contribution in [-0.2, 0) is 16.6 Å². The number of aryl methyl sites for hydroxylation is 2. The smallest absolute Gasteiger partial charge is 0.350 e. The van der Waals surface area contributed by atoms with Crippen molar-refractivity contribution in [3.05, 3.63) is 59.2 Å². The number of thioether (sulfide) groups is 1. The number of rotatable bonds is 5. The van der Waals surface area contributed by atoms with Gasteiger partial charge in [-0.05, 0) is 38.5 Å². The highest BCUT2D eigenvalue weighted by Gasteiger charge is 2.36. The molecule has 230 valence electrons. The molecule has 2 fully saturated rings. The van der Waals surface area contributed by atoms with E-state index in [0.717, 1.165) is 68.8 Å². The van der Waals surface area contributed by atoms with Gasteiger partial charge in [-0.2, -0.15) is 10.1 Å². The number of aromatic nitrogens is 4. The maximum absolute atomic E-state index is 14.2. The highest BCUT2D eigenvalue weighted by molar-refractivity contribution is 7.99. The van der Waals surface area contributed by atoms with Gasteiger partial charge in [-0.1, -0.05) is 24.8 Å². The second-order valence-electron chi connectivity index (χ2n) is 12.3. The average molecular weight is 614 g/mol. The van der Waals surface area contributed by atoms with Gasteiger partial charge in [0.25, 0.3) is 0 Å². The van der Waals surface area contributed by atoms with Crippen LogP contribution < -0.4 is 10.6 Å². The van der Waals surface area contributed by atoms with Gasteiger partial charge in [0.15, 0.2) is 0 Å². The largest absolute Gasteiger partial charge is 0.379 e. The van der Waals surface area contributed by atoms with E-state index in [0.29, 0.717) is 32.1 Å². The molecule has 2 saturated heterocycles. The topological polar surface area (TPSA) is 88.7 Å². The monoisotopic (exact) mass is 613 g/mol. The lowest BCUT2D eigenvalue weighted by Gasteiger charge is -2.45. The number of hydrogen-bond acceptors (Lipinski definition) is 8. The van der Waals surface area contributed by atoms with Crippen molar-refractivity contribution in [2.24, 2.45) is 7.05 Å². The Morgan fingerprint density at radius 1 is 1.16 bits per heavy atom. The van der Waals surface area contributed by atoms with Gasteiger partial charge in [0.1, 0.15) is 5.82 Å². The lowest BCUT2D eigenvalue weighted by Crippen LogP contribution is -2.58. The number of carbonyl (C=O) groups excluding carboxylic acids is 1. The minimum absolute atomic E-state index is 0.0105. The number of morpholine rings is 1. The Labute approximate surface area is 261 Å². The van der Waals surface area contributed by atoms with E-state index in [1.165, 1.54) is 6.08 Å². The second kappa shape index (κ2) is 11.4. The molecule has 3 aliphatic rings. The summed E-state index contributed by atoms with van der Waals surface area (Å²) in [5.41, 5.74) is 5.22. The SMILES string of the molecule is C=CC(=O)N1C[C@H](C)N(c2nc(=O)n3c4c(c(-c5cccc6cnn(C)c56)c(C)cc24)SCC3CN2CCOCC2)C[C@H]1C. The van der Waals surface area contributed by atoms with Crippen LogP contribution >= 0.6 is 11.8 Å². The third-order valence-corrected chi connectivity index (χ3v) is 10.7. The Balaban J connectivity index is 1.44. The van der Waals surface area contributed by atoms with Crippen molar-refractivity contribution in [1.82, 2.24) is 29.1 Å². The van der Waals surface area contributed by atoms with E-state index in [4.69, 9.17) is 9.72 Å². The fourth-order valence-electron chi connectivity index (χ4n) is 7.27. The molecule has 1 unspecified atom stereocenters. The first kappa shape index (κ1) is 29.1. The summed E-state index contributed by atoms with van der Waals surface area (Å²) in [5.74, 6) is 1.42. The van der Waals surface area contributed by atoms with E-state index in [2.05, 4.69) is 59.6 Å². The molecule has 44 heavy (non-hydrogen) atoms. The molecule has 7 rings (SSSR count). The normalized spacial score (nSPS) is 22.6. The Kier molecular flexibility index (Phi) is 7.50. The lowest BCUT2D eigenvalue weighted by atomic mass is 9.95. The van der Waals surface area contributed by atoms with Crippen LogP contribution in [0, 0.1) is 6.92 Å². The van der Waals surface area contributed by atoms with E-state index in [9.17, 15) is 9.59 Å². The van der Waals surface area contributed by atoms with Crippen molar-refractivity contribution in [3.8, 4) is 11.1 Å². The first-order chi connectivity index (χ1) is 21.3. The van der Waals surface area contributed by atoms with E-state index in [-0.39, 0.29) is 29.7 Å². The van der Waals surface area contributed by atoms with Gasteiger partial charge in [-0.25, -0.2) is 4.79 Å². The quantitative estimate of drug-likeness (QED) is 0.314. The van der Waals surface area contributed by atoms with Gasteiger partial charge in [-0.3, -0.25) is 18.9 Å². The Hall–Kier alpha value is -3.67. The third-order valence-electron chi connectivity index (χ3n) is 9.45. The van der Waals surface area contributed by atoms with Crippen LogP contribution in [0.4, 0.5) is 5.82 Å². The zero-order valence-corrected chi connectivity index (χ0v) is 26.6. The van der Waals surface area contributed by atoms with E-state index >= 15 is 0 Å². The summed E-state index contributed by atoms with van der Waals surface area (Å²) in [6.07, 6.45) is 3.29. The molecule has 0 spiro atoms. The maximum Gasteiger partial charge on any atom is 0.350 e. The van der Waals surface area contributed by atoms with Crippen LogP contribution in [0.25, 0.3) is 32.9 Å². The van der Waals surface area contributed by atoms with Crippen LogP contribution in [0.15, 0.2) is 52.8 Å². The number of amides is 1. The molecule has 5 heterocycles. The second-order valence-corrected chi connectivity index (χ2v) is 13.3. The van der Waals surface area contributed by atoms with Gasteiger partial charge >= 0.3 is 5.69 Å². The fourth-order valence-corrected chi connectivity index (χ4v) is 8.64. The molecule has 0 saturated carbocycles. The molecule has 2 aromatic carbocycles. The molecule has 1 amide bonds. The molecule has 0 bridgehead atoms. The highest BCUT2D eigenvalue weighted by atomic mass is 32.2. The average Bonchev–Trinajstić information content (AvgIpc) is 3.41. The van der Waals surface area contributed by atoms with Crippen LogP contribution in [0.5, 0.6) is 0 Å². The number of piperazine rings is 1. The van der Waals surface area contributed by atoms with Gasteiger partial charge < -0.3 is 14.5 Å². The van der Waals surface area contributed by atoms with E-state index in [1.54, 1.807) is 0 Å². The van der Waals surface area contributed by atoms with Crippen molar-refractivity contribution in [3.63, 3.8) is 0 Å². The van der Waals surface area contributed by atoms with E-state index < -0.39 is 0 Å². The van der Waals surface area contributed by atoms with Crippen LogP contribution in [0.3, 0.4) is 0 Å². The van der Waals surface area contributed by atoms with Crippen molar-refractivity contribution >= 4 is 45.3 Å². The van der Waals surface area contributed by atoms with Crippen molar-refractivity contribution in [2.75, 3.05) is 56.6 Å². The van der Waals surface area contributed by atoms with Gasteiger partial charge in [0.05, 0.1) is 36.5 Å². The fraction of sp³-hybridized carbons (Fsp3) is 0.455. The van der Waals surface area contributed by atoms with Gasteiger partial charge in [0.2, 0.25) is 5.91 Å². The summed E-state index contributed by atoms with van der Waals surface area (Å²) in [7, 11) is 1.98. The molecule has 0 aliphatic carbocycles. The Morgan fingerprint density at radius 2 is 1.95 bits per heavy atom. The van der Waals surface area contributed by atoms with Crippen molar-refractivity contribution in [1.29, 1.82) is 0 Å². The lowest BCUT2D eigenvalue weighted by molar-refractivity contribution is -0.128. The molecule has 3 aliphatic heterocycles. The number of fused-ring (bicyclic) bond motifs is 1. The first-order valence-electron chi connectivity index (χ1n) is 15.4. The number of nitrogens with zero attached hydrogens (tertiary/aromatic N) is 7. The maximum atomic E-state index is 14.2. The van der Waals surface area contributed by atoms with Crippen LogP contribution in [0.1, 0.15) is 25.5 Å². The van der Waals surface area contributed by atoms with Crippen molar-refractivity contribution in [2.45, 2.75) is 43.8 Å². The molecule has 0 N–H and O–H groups in total.